The SMILES string of the molecule is Cn1ccnc1C(=O)NC1CCCC(c2nc3ccccc3[nH]2)C1.O=C(O)C(F)(F)F. The summed E-state index contributed by atoms with van der Waals surface area (Å²) in [7, 11) is 1.83. The van der Waals surface area contributed by atoms with Crippen molar-refractivity contribution in [3.05, 3.63) is 48.3 Å². The molecule has 11 heteroatoms. The molecular weight excluding hydrogens is 415 g/mol. The summed E-state index contributed by atoms with van der Waals surface area (Å²) in [5.41, 5.74) is 2.08. The molecule has 166 valence electrons. The first-order valence-corrected chi connectivity index (χ1v) is 9.68. The Morgan fingerprint density at radius 1 is 1.26 bits per heavy atom. The highest BCUT2D eigenvalue weighted by Gasteiger charge is 2.38. The van der Waals surface area contributed by atoms with Crippen molar-refractivity contribution in [2.75, 3.05) is 0 Å². The first-order valence-electron chi connectivity index (χ1n) is 9.68. The second-order valence-electron chi connectivity index (χ2n) is 7.34. The summed E-state index contributed by atoms with van der Waals surface area (Å²) in [4.78, 5) is 33.5. The molecule has 3 N–H and O–H groups in total. The van der Waals surface area contributed by atoms with Gasteiger partial charge in [0.1, 0.15) is 5.82 Å². The quantitative estimate of drug-likeness (QED) is 0.581. The van der Waals surface area contributed by atoms with Crippen molar-refractivity contribution in [3.8, 4) is 0 Å². The molecule has 0 bridgehead atoms. The minimum absolute atomic E-state index is 0.0993. The smallest absolute Gasteiger partial charge is 0.475 e. The number of aryl methyl sites for hydroxylation is 1. The zero-order valence-electron chi connectivity index (χ0n) is 16.7. The molecule has 31 heavy (non-hydrogen) atoms. The second kappa shape index (κ2) is 9.19. The number of para-hydroxylation sites is 2. The molecule has 1 saturated carbocycles. The fourth-order valence-corrected chi connectivity index (χ4v) is 3.57. The van der Waals surface area contributed by atoms with E-state index in [1.165, 1.54) is 0 Å². The summed E-state index contributed by atoms with van der Waals surface area (Å²) in [5.74, 6) is -1.00. The van der Waals surface area contributed by atoms with Crippen molar-refractivity contribution in [1.82, 2.24) is 24.8 Å². The van der Waals surface area contributed by atoms with Crippen LogP contribution < -0.4 is 5.32 Å². The monoisotopic (exact) mass is 437 g/mol. The van der Waals surface area contributed by atoms with Gasteiger partial charge in [-0.3, -0.25) is 4.79 Å². The number of carboxylic acid groups (broad SMARTS) is 1. The predicted molar refractivity (Wildman–Crippen MR) is 105 cm³/mol. The molecule has 2 heterocycles. The Morgan fingerprint density at radius 3 is 2.58 bits per heavy atom. The number of fused-ring (bicyclic) bond motifs is 1. The number of H-pyrrole nitrogens is 1. The van der Waals surface area contributed by atoms with Crippen molar-refractivity contribution >= 4 is 22.9 Å². The Kier molecular flexibility index (Phi) is 6.62. The van der Waals surface area contributed by atoms with Crippen molar-refractivity contribution in [3.63, 3.8) is 0 Å². The van der Waals surface area contributed by atoms with Crippen LogP contribution in [0.1, 0.15) is 48.0 Å². The highest BCUT2D eigenvalue weighted by molar-refractivity contribution is 5.90. The van der Waals surface area contributed by atoms with E-state index in [4.69, 9.17) is 14.9 Å². The van der Waals surface area contributed by atoms with Gasteiger partial charge in [0, 0.05) is 31.4 Å². The summed E-state index contributed by atoms with van der Waals surface area (Å²) in [5, 5.41) is 10.3. The molecule has 0 radical (unpaired) electrons. The van der Waals surface area contributed by atoms with Crippen LogP contribution in [0.3, 0.4) is 0 Å². The highest BCUT2D eigenvalue weighted by Crippen LogP contribution is 2.32. The molecule has 1 aliphatic rings. The van der Waals surface area contributed by atoms with Crippen molar-refractivity contribution < 1.29 is 27.9 Å². The minimum Gasteiger partial charge on any atom is -0.475 e. The summed E-state index contributed by atoms with van der Waals surface area (Å²) < 4.78 is 33.5. The maximum Gasteiger partial charge on any atom is 0.490 e. The molecule has 2 atom stereocenters. The van der Waals surface area contributed by atoms with Gasteiger partial charge in [-0.1, -0.05) is 18.6 Å². The topological polar surface area (TPSA) is 113 Å². The van der Waals surface area contributed by atoms with Gasteiger partial charge in [0.15, 0.2) is 5.82 Å². The van der Waals surface area contributed by atoms with Gasteiger partial charge in [-0.15, -0.1) is 0 Å². The lowest BCUT2D eigenvalue weighted by Gasteiger charge is -2.28. The number of imidazole rings is 2. The van der Waals surface area contributed by atoms with Gasteiger partial charge in [-0.25, -0.2) is 14.8 Å². The van der Waals surface area contributed by atoms with Crippen LogP contribution in [0.5, 0.6) is 0 Å². The van der Waals surface area contributed by atoms with E-state index in [9.17, 15) is 18.0 Å². The summed E-state index contributed by atoms with van der Waals surface area (Å²) in [6.07, 6.45) is 2.46. The number of nitrogens with zero attached hydrogens (tertiary/aromatic N) is 3. The number of aromatic amines is 1. The molecule has 8 nitrogen and oxygen atoms in total. The number of hydrogen-bond acceptors (Lipinski definition) is 4. The molecule has 1 fully saturated rings. The van der Waals surface area contributed by atoms with Gasteiger partial charge in [0.25, 0.3) is 5.91 Å². The minimum atomic E-state index is -5.08. The average molecular weight is 437 g/mol. The van der Waals surface area contributed by atoms with Crippen molar-refractivity contribution in [2.24, 2.45) is 7.05 Å². The third-order valence-electron chi connectivity index (χ3n) is 5.07. The fraction of sp³-hybridized carbons (Fsp3) is 0.400. The number of nitrogens with one attached hydrogen (secondary N) is 2. The standard InChI is InChI=1S/C18H21N5O.C2HF3O2/c1-23-10-9-19-17(23)18(24)20-13-6-4-5-12(11-13)16-21-14-7-2-3-8-15(14)22-16;3-2(4,5)1(6)7/h2-3,7-10,12-13H,4-6,11H2,1H3,(H,20,24)(H,21,22);(H,6,7). The molecule has 0 saturated heterocycles. The normalized spacial score (nSPS) is 18.8. The Hall–Kier alpha value is -3.37. The van der Waals surface area contributed by atoms with Crippen LogP contribution in [0.25, 0.3) is 11.0 Å². The number of hydrogen-bond donors (Lipinski definition) is 3. The van der Waals surface area contributed by atoms with Crippen LogP contribution in [0.4, 0.5) is 13.2 Å². The lowest BCUT2D eigenvalue weighted by atomic mass is 9.85. The van der Waals surface area contributed by atoms with E-state index in [0.29, 0.717) is 11.7 Å². The van der Waals surface area contributed by atoms with Gasteiger partial charge in [-0.2, -0.15) is 13.2 Å². The van der Waals surface area contributed by atoms with Crippen molar-refractivity contribution in [2.45, 2.75) is 43.8 Å². The molecule has 4 rings (SSSR count). The number of benzene rings is 1. The van der Waals surface area contributed by atoms with E-state index in [1.54, 1.807) is 17.0 Å². The third-order valence-corrected chi connectivity index (χ3v) is 5.07. The van der Waals surface area contributed by atoms with Crippen LogP contribution in [-0.2, 0) is 11.8 Å². The lowest BCUT2D eigenvalue weighted by Crippen LogP contribution is -2.39. The van der Waals surface area contributed by atoms with E-state index in [-0.39, 0.29) is 11.9 Å². The molecule has 1 aliphatic carbocycles. The Morgan fingerprint density at radius 2 is 1.97 bits per heavy atom. The van der Waals surface area contributed by atoms with Gasteiger partial charge >= 0.3 is 12.1 Å². The number of aliphatic carboxylic acids is 1. The van der Waals surface area contributed by atoms with E-state index in [0.717, 1.165) is 42.5 Å². The maximum absolute atomic E-state index is 12.4. The molecule has 0 spiro atoms. The average Bonchev–Trinajstić information content (AvgIpc) is 3.34. The molecule has 3 aromatic rings. The largest absolute Gasteiger partial charge is 0.490 e. The zero-order chi connectivity index (χ0) is 22.6. The number of carbonyl (C=O) groups is 2. The molecule has 1 amide bonds. The number of halogens is 3. The molecule has 1 aromatic carbocycles. The van der Waals surface area contributed by atoms with E-state index >= 15 is 0 Å². The van der Waals surface area contributed by atoms with E-state index < -0.39 is 12.1 Å². The van der Waals surface area contributed by atoms with Crippen molar-refractivity contribution in [1.29, 1.82) is 0 Å². The third kappa shape index (κ3) is 5.62. The molecule has 0 aliphatic heterocycles. The number of amides is 1. The number of carboxylic acids is 1. The van der Waals surface area contributed by atoms with Gasteiger partial charge in [0.05, 0.1) is 11.0 Å². The maximum atomic E-state index is 12.4. The number of alkyl halides is 3. The molecular formula is C20H22F3N5O3. The van der Waals surface area contributed by atoms with Crippen LogP contribution in [-0.4, -0.2) is 48.7 Å². The number of carbonyl (C=O) groups excluding carboxylic acids is 1. The summed E-state index contributed by atoms with van der Waals surface area (Å²) >= 11 is 0. The Labute approximate surface area is 175 Å². The Balaban J connectivity index is 0.000000339. The van der Waals surface area contributed by atoms with E-state index in [2.05, 4.69) is 21.4 Å². The summed E-state index contributed by atoms with van der Waals surface area (Å²) in [6, 6.07) is 8.26. The number of rotatable bonds is 3. The fourth-order valence-electron chi connectivity index (χ4n) is 3.57. The summed E-state index contributed by atoms with van der Waals surface area (Å²) in [6.45, 7) is 0. The predicted octanol–water partition coefficient (Wildman–Crippen LogP) is 3.39. The first-order chi connectivity index (χ1) is 14.6. The molecule has 2 aromatic heterocycles. The van der Waals surface area contributed by atoms with Crippen LogP contribution >= 0.6 is 0 Å². The second-order valence-corrected chi connectivity index (χ2v) is 7.34. The highest BCUT2D eigenvalue weighted by atomic mass is 19.4. The first kappa shape index (κ1) is 22.3. The van der Waals surface area contributed by atoms with Gasteiger partial charge in [-0.05, 0) is 31.4 Å². The zero-order valence-corrected chi connectivity index (χ0v) is 16.7. The lowest BCUT2D eigenvalue weighted by molar-refractivity contribution is -0.192. The van der Waals surface area contributed by atoms with Crippen LogP contribution in [0, 0.1) is 0 Å². The van der Waals surface area contributed by atoms with Gasteiger partial charge in [0.2, 0.25) is 0 Å². The van der Waals surface area contributed by atoms with Crippen LogP contribution in [0.2, 0.25) is 0 Å². The van der Waals surface area contributed by atoms with Gasteiger partial charge < -0.3 is 20.0 Å². The Bertz CT molecular complexity index is 1030. The number of aromatic nitrogens is 4. The van der Waals surface area contributed by atoms with Crippen LogP contribution in [0.15, 0.2) is 36.7 Å². The molecule has 2 unspecified atom stereocenters. The van der Waals surface area contributed by atoms with E-state index in [1.807, 2.05) is 25.2 Å².